The fourth-order valence-corrected chi connectivity index (χ4v) is 3.53. The number of carbonyl (C=O) groups is 1. The van der Waals surface area contributed by atoms with Gasteiger partial charge in [0.2, 0.25) is 0 Å². The molecule has 0 aliphatic carbocycles. The third-order valence-corrected chi connectivity index (χ3v) is 9.36. The highest BCUT2D eigenvalue weighted by Crippen LogP contribution is 2.39. The summed E-state index contributed by atoms with van der Waals surface area (Å²) in [6.45, 7) is 22.8. The molecule has 0 bridgehead atoms. The van der Waals surface area contributed by atoms with E-state index in [1.165, 1.54) is 0 Å². The molecular weight excluding hydrogens is 292 g/mol. The molecule has 3 atom stereocenters. The second-order valence-corrected chi connectivity index (χ2v) is 12.9. The first-order chi connectivity index (χ1) is 9.76. The number of hydrogen-bond acceptors (Lipinski definition) is 3. The highest BCUT2D eigenvalue weighted by Gasteiger charge is 2.41. The van der Waals surface area contributed by atoms with E-state index in [1.807, 2.05) is 6.92 Å². The van der Waals surface area contributed by atoms with E-state index in [9.17, 15) is 9.90 Å². The molecule has 1 N–H and O–H groups in total. The Bertz CT molecular complexity index is 394. The van der Waals surface area contributed by atoms with Crippen LogP contribution in [0, 0.1) is 11.8 Å². The number of ketones is 1. The monoisotopic (exact) mass is 328 g/mol. The highest BCUT2D eigenvalue weighted by molar-refractivity contribution is 6.74. The van der Waals surface area contributed by atoms with Crippen molar-refractivity contribution in [1.29, 1.82) is 0 Å². The van der Waals surface area contributed by atoms with Crippen molar-refractivity contribution < 1.29 is 14.3 Å². The van der Waals surface area contributed by atoms with Crippen LogP contribution in [0.3, 0.4) is 0 Å². The summed E-state index contributed by atoms with van der Waals surface area (Å²) < 4.78 is 6.48. The van der Waals surface area contributed by atoms with Gasteiger partial charge < -0.3 is 9.53 Å². The second-order valence-electron chi connectivity index (χ2n) is 8.17. The van der Waals surface area contributed by atoms with Crippen LogP contribution in [0.15, 0.2) is 12.2 Å². The Hall–Kier alpha value is -0.453. The van der Waals surface area contributed by atoms with Gasteiger partial charge in [-0.2, -0.15) is 0 Å². The number of carbonyl (C=O) groups excluding carboxylic acids is 1. The van der Waals surface area contributed by atoms with Crippen molar-refractivity contribution >= 4 is 14.1 Å². The van der Waals surface area contributed by atoms with E-state index in [0.717, 1.165) is 0 Å². The van der Waals surface area contributed by atoms with E-state index in [1.54, 1.807) is 6.92 Å². The second kappa shape index (κ2) is 7.89. The molecule has 0 amide bonds. The molecule has 0 radical (unpaired) electrons. The summed E-state index contributed by atoms with van der Waals surface area (Å²) in [6.07, 6.45) is -0.631. The summed E-state index contributed by atoms with van der Waals surface area (Å²) in [4.78, 5) is 11.9. The molecule has 0 saturated carbocycles. The van der Waals surface area contributed by atoms with Crippen molar-refractivity contribution in [3.63, 3.8) is 0 Å². The van der Waals surface area contributed by atoms with Crippen LogP contribution >= 0.6 is 0 Å². The normalized spacial score (nSPS) is 17.2. The number of Topliss-reactive ketones (excluding diaryl/α,β-unsaturated/α-hetero) is 1. The SMILES string of the molecule is C=C([C@@H](O)[C@H](C)C(=O)CC)[C@H](O[Si](C)(C)C(C)(C)C)C(C)C. The summed E-state index contributed by atoms with van der Waals surface area (Å²) in [5, 5.41) is 10.6. The first-order valence-corrected chi connectivity index (χ1v) is 11.2. The van der Waals surface area contributed by atoms with Gasteiger partial charge in [-0.1, -0.05) is 55.0 Å². The van der Waals surface area contributed by atoms with Gasteiger partial charge in [-0.3, -0.25) is 4.79 Å². The lowest BCUT2D eigenvalue weighted by molar-refractivity contribution is -0.124. The molecule has 0 heterocycles. The lowest BCUT2D eigenvalue weighted by Gasteiger charge is -2.42. The predicted molar refractivity (Wildman–Crippen MR) is 96.5 cm³/mol. The van der Waals surface area contributed by atoms with Crippen molar-refractivity contribution in [2.75, 3.05) is 0 Å². The Morgan fingerprint density at radius 1 is 1.23 bits per heavy atom. The third kappa shape index (κ3) is 5.32. The van der Waals surface area contributed by atoms with Crippen molar-refractivity contribution in [3.05, 3.63) is 12.2 Å². The first-order valence-electron chi connectivity index (χ1n) is 8.33. The van der Waals surface area contributed by atoms with Crippen LogP contribution in [0.2, 0.25) is 18.1 Å². The van der Waals surface area contributed by atoms with Gasteiger partial charge >= 0.3 is 0 Å². The standard InChI is InChI=1S/C18H36O3Si/c1-11-15(19)13(4)16(20)14(5)17(12(2)3)21-22(9,10)18(6,7)8/h12-13,16-17,20H,5,11H2,1-4,6-10H3/t13-,16+,17-/m1/s1. The molecule has 0 aromatic carbocycles. The third-order valence-electron chi connectivity index (χ3n) is 4.91. The van der Waals surface area contributed by atoms with E-state index in [0.29, 0.717) is 12.0 Å². The highest BCUT2D eigenvalue weighted by atomic mass is 28.4. The molecule has 0 saturated heterocycles. The topological polar surface area (TPSA) is 46.5 Å². The van der Waals surface area contributed by atoms with Crippen molar-refractivity contribution in [2.45, 2.75) is 85.2 Å². The van der Waals surface area contributed by atoms with Gasteiger partial charge in [-0.15, -0.1) is 0 Å². The number of aliphatic hydroxyl groups excluding tert-OH is 1. The van der Waals surface area contributed by atoms with Crippen molar-refractivity contribution in [2.24, 2.45) is 11.8 Å². The summed E-state index contributed by atoms with van der Waals surface area (Å²) in [7, 11) is -1.97. The van der Waals surface area contributed by atoms with Crippen molar-refractivity contribution in [3.8, 4) is 0 Å². The Labute approximate surface area is 138 Å². The van der Waals surface area contributed by atoms with Crippen LogP contribution in [0.1, 0.15) is 54.9 Å². The van der Waals surface area contributed by atoms with E-state index >= 15 is 0 Å². The molecule has 0 fully saturated rings. The summed E-state index contributed by atoms with van der Waals surface area (Å²) >= 11 is 0. The predicted octanol–water partition coefficient (Wildman–Crippen LogP) is 4.57. The molecule has 0 unspecified atom stereocenters. The molecular formula is C18H36O3Si. The number of hydrogen-bond donors (Lipinski definition) is 1. The number of rotatable bonds is 8. The van der Waals surface area contributed by atoms with Crippen LogP contribution in [0.25, 0.3) is 0 Å². The largest absolute Gasteiger partial charge is 0.410 e. The van der Waals surface area contributed by atoms with Gasteiger partial charge in [-0.25, -0.2) is 0 Å². The van der Waals surface area contributed by atoms with E-state index < -0.39 is 20.3 Å². The Morgan fingerprint density at radius 2 is 1.68 bits per heavy atom. The van der Waals surface area contributed by atoms with Crippen LogP contribution in [0.4, 0.5) is 0 Å². The minimum atomic E-state index is -1.97. The van der Waals surface area contributed by atoms with Crippen LogP contribution in [0.5, 0.6) is 0 Å². The van der Waals surface area contributed by atoms with Gasteiger partial charge in [-0.05, 0) is 29.6 Å². The van der Waals surface area contributed by atoms with Crippen molar-refractivity contribution in [1.82, 2.24) is 0 Å². The molecule has 22 heavy (non-hydrogen) atoms. The molecule has 130 valence electrons. The zero-order valence-corrected chi connectivity index (χ0v) is 17.0. The zero-order valence-electron chi connectivity index (χ0n) is 16.0. The Balaban J connectivity index is 5.27. The quantitative estimate of drug-likeness (QED) is 0.524. The van der Waals surface area contributed by atoms with Gasteiger partial charge in [0.25, 0.3) is 0 Å². The molecule has 0 aliphatic rings. The lowest BCUT2D eigenvalue weighted by atomic mass is 9.87. The maximum Gasteiger partial charge on any atom is 0.192 e. The molecule has 4 heteroatoms. The average molecular weight is 329 g/mol. The fourth-order valence-electron chi connectivity index (χ4n) is 2.12. The smallest absolute Gasteiger partial charge is 0.192 e. The summed E-state index contributed by atoms with van der Waals surface area (Å²) in [5.41, 5.74) is 0.633. The van der Waals surface area contributed by atoms with E-state index in [4.69, 9.17) is 4.43 Å². The fraction of sp³-hybridized carbons (Fsp3) is 0.833. The summed E-state index contributed by atoms with van der Waals surface area (Å²) in [6, 6.07) is 0. The maximum atomic E-state index is 11.9. The van der Waals surface area contributed by atoms with E-state index in [-0.39, 0.29) is 22.8 Å². The zero-order chi connectivity index (χ0) is 17.9. The maximum absolute atomic E-state index is 11.9. The van der Waals surface area contributed by atoms with Crippen LogP contribution in [-0.4, -0.2) is 31.4 Å². The Morgan fingerprint density at radius 3 is 2.00 bits per heavy atom. The molecule has 0 aliphatic heterocycles. The summed E-state index contributed by atoms with van der Waals surface area (Å²) in [5.74, 6) is -0.162. The van der Waals surface area contributed by atoms with Gasteiger partial charge in [0, 0.05) is 12.3 Å². The molecule has 3 nitrogen and oxygen atoms in total. The van der Waals surface area contributed by atoms with E-state index in [2.05, 4.69) is 54.3 Å². The molecule has 0 aromatic heterocycles. The Kier molecular flexibility index (Phi) is 7.73. The lowest BCUT2D eigenvalue weighted by Crippen LogP contribution is -2.47. The van der Waals surface area contributed by atoms with Gasteiger partial charge in [0.1, 0.15) is 5.78 Å². The van der Waals surface area contributed by atoms with Crippen LogP contribution in [-0.2, 0) is 9.22 Å². The molecule has 0 spiro atoms. The molecule has 0 aromatic rings. The van der Waals surface area contributed by atoms with Gasteiger partial charge in [0.05, 0.1) is 12.2 Å². The minimum absolute atomic E-state index is 0.0588. The first kappa shape index (κ1) is 21.5. The van der Waals surface area contributed by atoms with Crippen LogP contribution < -0.4 is 0 Å². The minimum Gasteiger partial charge on any atom is -0.410 e. The average Bonchev–Trinajstić information content (AvgIpc) is 2.39. The number of aliphatic hydroxyl groups is 1. The van der Waals surface area contributed by atoms with Gasteiger partial charge in [0.15, 0.2) is 8.32 Å². The molecule has 0 rings (SSSR count).